The van der Waals surface area contributed by atoms with E-state index in [1.165, 1.54) is 34.1 Å². The van der Waals surface area contributed by atoms with Crippen molar-refractivity contribution in [3.63, 3.8) is 0 Å². The molecule has 2 aromatic rings. The molecule has 1 saturated heterocycles. The molecule has 4 rings (SSSR count). The number of halogens is 4. The van der Waals surface area contributed by atoms with E-state index < -0.39 is 41.3 Å². The molecule has 2 aliphatic rings. The van der Waals surface area contributed by atoms with Crippen LogP contribution in [0.25, 0.3) is 0 Å². The Balaban J connectivity index is 1.66. The standard InChI is InChI=1S/C30H34ClF3N2O4/c1-29(2,3)40-28(39)35-14-13-20(18-35)27(38)36(22-8-6-7-21(32)15-22)26(23-9-4-5-10-24(23)31)25(37)12-11-19-16-30(33,34)17-19/h4-10,15,19-20,26H,11-14,16-18H2,1-3H3/t20-,26?/m0/s1. The topological polar surface area (TPSA) is 66.9 Å². The van der Waals surface area contributed by atoms with E-state index >= 15 is 0 Å². The van der Waals surface area contributed by atoms with Crippen molar-refractivity contribution in [1.29, 1.82) is 0 Å². The van der Waals surface area contributed by atoms with Crippen molar-refractivity contribution in [2.45, 2.75) is 70.4 Å². The fourth-order valence-corrected chi connectivity index (χ4v) is 5.54. The van der Waals surface area contributed by atoms with Crippen LogP contribution in [-0.4, -0.2) is 47.3 Å². The maximum absolute atomic E-state index is 14.4. The number of anilines is 1. The first kappa shape index (κ1) is 29.9. The largest absolute Gasteiger partial charge is 0.444 e. The first-order chi connectivity index (χ1) is 18.7. The van der Waals surface area contributed by atoms with Crippen molar-refractivity contribution in [2.75, 3.05) is 18.0 Å². The van der Waals surface area contributed by atoms with Crippen molar-refractivity contribution in [3.05, 3.63) is 64.9 Å². The van der Waals surface area contributed by atoms with Crippen LogP contribution in [0.3, 0.4) is 0 Å². The van der Waals surface area contributed by atoms with Crippen molar-refractivity contribution in [3.8, 4) is 0 Å². The molecule has 2 fully saturated rings. The summed E-state index contributed by atoms with van der Waals surface area (Å²) >= 11 is 6.52. The molecule has 216 valence electrons. The normalized spacial score (nSPS) is 19.6. The van der Waals surface area contributed by atoms with E-state index in [0.29, 0.717) is 12.0 Å². The second kappa shape index (κ2) is 11.8. The van der Waals surface area contributed by atoms with Crippen LogP contribution in [0.1, 0.15) is 64.5 Å². The number of hydrogen-bond acceptors (Lipinski definition) is 4. The first-order valence-corrected chi connectivity index (χ1v) is 13.8. The molecule has 1 aliphatic carbocycles. The zero-order valence-electron chi connectivity index (χ0n) is 22.8. The number of rotatable bonds is 8. The van der Waals surface area contributed by atoms with Gasteiger partial charge in [0.2, 0.25) is 11.8 Å². The van der Waals surface area contributed by atoms with Crippen LogP contribution in [0, 0.1) is 17.7 Å². The van der Waals surface area contributed by atoms with Gasteiger partial charge in [-0.1, -0.05) is 35.9 Å². The molecule has 6 nitrogen and oxygen atoms in total. The van der Waals surface area contributed by atoms with E-state index in [2.05, 4.69) is 0 Å². The highest BCUT2D eigenvalue weighted by molar-refractivity contribution is 6.31. The van der Waals surface area contributed by atoms with Crippen LogP contribution in [0.2, 0.25) is 5.02 Å². The molecular weight excluding hydrogens is 545 g/mol. The zero-order chi connectivity index (χ0) is 29.2. The Kier molecular flexibility index (Phi) is 8.83. The van der Waals surface area contributed by atoms with Gasteiger partial charge in [0.15, 0.2) is 5.78 Å². The second-order valence-electron chi connectivity index (χ2n) is 11.7. The van der Waals surface area contributed by atoms with E-state index in [0.717, 1.165) is 0 Å². The zero-order valence-corrected chi connectivity index (χ0v) is 23.6. The monoisotopic (exact) mass is 578 g/mol. The molecule has 0 radical (unpaired) electrons. The Morgan fingerprint density at radius 3 is 2.45 bits per heavy atom. The highest BCUT2D eigenvalue weighted by atomic mass is 35.5. The predicted molar refractivity (Wildman–Crippen MR) is 146 cm³/mol. The lowest BCUT2D eigenvalue weighted by atomic mass is 9.77. The fraction of sp³-hybridized carbons (Fsp3) is 0.500. The lowest BCUT2D eigenvalue weighted by Gasteiger charge is -2.36. The molecule has 0 bridgehead atoms. The van der Waals surface area contributed by atoms with Gasteiger partial charge in [0, 0.05) is 48.6 Å². The van der Waals surface area contributed by atoms with E-state index in [4.69, 9.17) is 16.3 Å². The lowest BCUT2D eigenvalue weighted by Crippen LogP contribution is -2.44. The summed E-state index contributed by atoms with van der Waals surface area (Å²) in [6, 6.07) is 10.8. The minimum absolute atomic E-state index is 0.0512. The Morgan fingerprint density at radius 2 is 1.82 bits per heavy atom. The quantitative estimate of drug-likeness (QED) is 0.332. The van der Waals surface area contributed by atoms with Gasteiger partial charge >= 0.3 is 6.09 Å². The molecule has 1 heterocycles. The average Bonchev–Trinajstić information content (AvgIpc) is 3.34. The molecule has 2 aromatic carbocycles. The predicted octanol–water partition coefficient (Wildman–Crippen LogP) is 7.21. The number of hydrogen-bond donors (Lipinski definition) is 0. The van der Waals surface area contributed by atoms with Crippen molar-refractivity contribution in [2.24, 2.45) is 11.8 Å². The highest BCUT2D eigenvalue weighted by Crippen LogP contribution is 2.45. The van der Waals surface area contributed by atoms with Gasteiger partial charge in [-0.05, 0) is 63.8 Å². The lowest BCUT2D eigenvalue weighted by molar-refractivity contribution is -0.129. The number of ketones is 1. The molecule has 0 spiro atoms. The summed E-state index contributed by atoms with van der Waals surface area (Å²) < 4.78 is 46.7. The SMILES string of the molecule is CC(C)(C)OC(=O)N1CC[C@H](C(=O)N(c2cccc(F)c2)C(C(=O)CCC2CC(F)(F)C2)c2ccccc2Cl)C1. The number of ether oxygens (including phenoxy) is 1. The maximum atomic E-state index is 14.4. The number of likely N-dealkylation sites (tertiary alicyclic amines) is 1. The molecule has 1 unspecified atom stereocenters. The molecule has 1 saturated carbocycles. The van der Waals surface area contributed by atoms with Crippen LogP contribution in [0.5, 0.6) is 0 Å². The number of nitrogens with zero attached hydrogens (tertiary/aromatic N) is 2. The van der Waals surface area contributed by atoms with Crippen LogP contribution in [0.4, 0.5) is 23.7 Å². The van der Waals surface area contributed by atoms with Crippen LogP contribution >= 0.6 is 11.6 Å². The Labute approximate surface area is 237 Å². The minimum Gasteiger partial charge on any atom is -0.444 e. The Bertz CT molecular complexity index is 1260. The van der Waals surface area contributed by atoms with E-state index in [9.17, 15) is 27.6 Å². The summed E-state index contributed by atoms with van der Waals surface area (Å²) in [5.74, 6) is -5.13. The van der Waals surface area contributed by atoms with Gasteiger partial charge in [-0.3, -0.25) is 14.5 Å². The molecule has 0 N–H and O–H groups in total. The van der Waals surface area contributed by atoms with Crippen molar-refractivity contribution >= 4 is 35.1 Å². The average molecular weight is 579 g/mol. The molecule has 10 heteroatoms. The van der Waals surface area contributed by atoms with E-state index in [1.807, 2.05) is 0 Å². The van der Waals surface area contributed by atoms with Gasteiger partial charge in [-0.15, -0.1) is 0 Å². The summed E-state index contributed by atoms with van der Waals surface area (Å²) in [7, 11) is 0. The van der Waals surface area contributed by atoms with Crippen molar-refractivity contribution < 1.29 is 32.3 Å². The van der Waals surface area contributed by atoms with Gasteiger partial charge in [-0.2, -0.15) is 0 Å². The smallest absolute Gasteiger partial charge is 0.410 e. The van der Waals surface area contributed by atoms with Gasteiger partial charge in [0.05, 0.1) is 5.92 Å². The Hall–Kier alpha value is -3.07. The summed E-state index contributed by atoms with van der Waals surface area (Å²) in [5.41, 5.74) is -0.194. The summed E-state index contributed by atoms with van der Waals surface area (Å²) in [6.07, 6.45) is -0.569. The molecular formula is C30H34ClF3N2O4. The second-order valence-corrected chi connectivity index (χ2v) is 12.1. The van der Waals surface area contributed by atoms with Crippen LogP contribution in [-0.2, 0) is 14.3 Å². The molecule has 1 aliphatic heterocycles. The third kappa shape index (κ3) is 7.16. The van der Waals surface area contributed by atoms with Crippen LogP contribution < -0.4 is 4.90 Å². The van der Waals surface area contributed by atoms with Gasteiger partial charge in [-0.25, -0.2) is 18.0 Å². The van der Waals surface area contributed by atoms with Gasteiger partial charge < -0.3 is 9.64 Å². The highest BCUT2D eigenvalue weighted by Gasteiger charge is 2.46. The fourth-order valence-electron chi connectivity index (χ4n) is 5.31. The number of carbonyl (C=O) groups excluding carboxylic acids is 3. The number of benzene rings is 2. The summed E-state index contributed by atoms with van der Waals surface area (Å²) in [6.45, 7) is 5.60. The third-order valence-electron chi connectivity index (χ3n) is 7.25. The summed E-state index contributed by atoms with van der Waals surface area (Å²) in [5, 5.41) is 0.243. The summed E-state index contributed by atoms with van der Waals surface area (Å²) in [4.78, 5) is 43.3. The molecule has 2 atom stereocenters. The minimum atomic E-state index is -2.71. The first-order valence-electron chi connectivity index (χ1n) is 13.5. The van der Waals surface area contributed by atoms with Crippen molar-refractivity contribution in [1.82, 2.24) is 4.90 Å². The molecule has 0 aromatic heterocycles. The van der Waals surface area contributed by atoms with Gasteiger partial charge in [0.25, 0.3) is 0 Å². The molecule has 40 heavy (non-hydrogen) atoms. The number of carbonyl (C=O) groups is 3. The third-order valence-corrected chi connectivity index (χ3v) is 7.59. The number of Topliss-reactive ketones (excluding diaryl/α,β-unsaturated/α-hetero) is 1. The Morgan fingerprint density at radius 1 is 1.12 bits per heavy atom. The van der Waals surface area contributed by atoms with E-state index in [1.54, 1.807) is 45.0 Å². The maximum Gasteiger partial charge on any atom is 0.410 e. The van der Waals surface area contributed by atoms with Crippen LogP contribution in [0.15, 0.2) is 48.5 Å². The van der Waals surface area contributed by atoms with Gasteiger partial charge in [0.1, 0.15) is 17.5 Å². The van der Waals surface area contributed by atoms with E-state index in [-0.39, 0.29) is 61.2 Å². The molecule has 2 amide bonds. The number of amides is 2. The number of alkyl halides is 2.